The highest BCUT2D eigenvalue weighted by atomic mass is 16.5. The quantitative estimate of drug-likeness (QED) is 0.618. The van der Waals surface area contributed by atoms with Gasteiger partial charge in [-0.05, 0) is 38.0 Å². The maximum absolute atomic E-state index is 12.3. The summed E-state index contributed by atoms with van der Waals surface area (Å²) in [5.74, 6) is -0.444. The Morgan fingerprint density at radius 1 is 1.41 bits per heavy atom. The first kappa shape index (κ1) is 17.6. The van der Waals surface area contributed by atoms with Crippen molar-refractivity contribution < 1.29 is 9.53 Å². The normalized spacial score (nSPS) is 11.4. The van der Waals surface area contributed by atoms with Crippen LogP contribution in [0.25, 0.3) is 0 Å². The van der Waals surface area contributed by atoms with E-state index < -0.39 is 5.97 Å². The number of allylic oxidation sites excluding steroid dienone is 1. The molecule has 0 aliphatic heterocycles. The van der Waals surface area contributed by atoms with Crippen molar-refractivity contribution in [2.75, 3.05) is 18.6 Å². The highest BCUT2D eigenvalue weighted by Crippen LogP contribution is 2.22. The van der Waals surface area contributed by atoms with E-state index in [4.69, 9.17) is 15.7 Å². The van der Waals surface area contributed by atoms with Crippen molar-refractivity contribution in [3.05, 3.63) is 41.2 Å². The summed E-state index contributed by atoms with van der Waals surface area (Å²) in [5.41, 5.74) is 8.21. The standard InChI is InChI=1S/C17H23N3O2/c1-4-6-10-15(19)16(17(21)22-5-2)20(3)14-9-7-8-13(11-14)12-18/h7-9,11H,4-6,10,19H2,1-3H3/b16-15+. The Morgan fingerprint density at radius 2 is 2.14 bits per heavy atom. The molecule has 0 heterocycles. The van der Waals surface area contributed by atoms with E-state index >= 15 is 0 Å². The number of likely N-dealkylation sites (N-methyl/N-ethyl adjacent to an activating group) is 1. The number of esters is 1. The molecule has 118 valence electrons. The van der Waals surface area contributed by atoms with Gasteiger partial charge in [-0.3, -0.25) is 0 Å². The van der Waals surface area contributed by atoms with Gasteiger partial charge in [-0.2, -0.15) is 5.26 Å². The molecule has 0 aliphatic carbocycles. The number of nitrogens with two attached hydrogens (primary N) is 1. The number of unbranched alkanes of at least 4 members (excludes halogenated alkanes) is 1. The molecule has 0 aliphatic rings. The van der Waals surface area contributed by atoms with Gasteiger partial charge in [-0.1, -0.05) is 19.4 Å². The highest BCUT2D eigenvalue weighted by molar-refractivity contribution is 5.93. The summed E-state index contributed by atoms with van der Waals surface area (Å²) in [5, 5.41) is 9.00. The molecule has 0 fully saturated rings. The Balaban J connectivity index is 3.19. The van der Waals surface area contributed by atoms with Gasteiger partial charge >= 0.3 is 5.97 Å². The maximum Gasteiger partial charge on any atom is 0.356 e. The van der Waals surface area contributed by atoms with Crippen molar-refractivity contribution in [1.82, 2.24) is 0 Å². The van der Waals surface area contributed by atoms with Crippen molar-refractivity contribution in [3.63, 3.8) is 0 Å². The average Bonchev–Trinajstić information content (AvgIpc) is 2.53. The summed E-state index contributed by atoms with van der Waals surface area (Å²) in [6.07, 6.45) is 2.53. The first-order chi connectivity index (χ1) is 10.5. The SMILES string of the molecule is CCCC/C(N)=C(/C(=O)OCC)N(C)c1cccc(C#N)c1. The number of anilines is 1. The van der Waals surface area contributed by atoms with Crippen molar-refractivity contribution >= 4 is 11.7 Å². The van der Waals surface area contributed by atoms with Crippen LogP contribution in [-0.2, 0) is 9.53 Å². The summed E-state index contributed by atoms with van der Waals surface area (Å²) < 4.78 is 5.12. The number of nitriles is 1. The van der Waals surface area contributed by atoms with Crippen LogP contribution in [0, 0.1) is 11.3 Å². The Morgan fingerprint density at radius 3 is 2.73 bits per heavy atom. The molecular weight excluding hydrogens is 278 g/mol. The van der Waals surface area contributed by atoms with E-state index in [-0.39, 0.29) is 6.61 Å². The fourth-order valence-corrected chi connectivity index (χ4v) is 2.08. The molecule has 0 saturated heterocycles. The summed E-state index contributed by atoms with van der Waals surface area (Å²) in [6.45, 7) is 4.11. The molecule has 0 aromatic heterocycles. The van der Waals surface area contributed by atoms with E-state index in [0.717, 1.165) is 18.5 Å². The third-order valence-corrected chi connectivity index (χ3v) is 3.27. The fraction of sp³-hybridized carbons (Fsp3) is 0.412. The second kappa shape index (κ2) is 8.73. The largest absolute Gasteiger partial charge is 0.461 e. The Kier molecular flexibility index (Phi) is 6.97. The monoisotopic (exact) mass is 301 g/mol. The molecule has 0 saturated carbocycles. The van der Waals surface area contributed by atoms with Crippen LogP contribution in [0.5, 0.6) is 0 Å². The molecule has 1 aromatic rings. The molecule has 2 N–H and O–H groups in total. The van der Waals surface area contributed by atoms with Crippen LogP contribution in [0.2, 0.25) is 0 Å². The van der Waals surface area contributed by atoms with Gasteiger partial charge in [0.2, 0.25) is 0 Å². The number of hydrogen-bond donors (Lipinski definition) is 1. The zero-order valence-corrected chi connectivity index (χ0v) is 13.4. The van der Waals surface area contributed by atoms with Crippen molar-refractivity contribution in [2.45, 2.75) is 33.1 Å². The van der Waals surface area contributed by atoms with Crippen LogP contribution in [0.4, 0.5) is 5.69 Å². The van der Waals surface area contributed by atoms with E-state index in [2.05, 4.69) is 13.0 Å². The van der Waals surface area contributed by atoms with E-state index in [1.807, 2.05) is 6.07 Å². The van der Waals surface area contributed by atoms with Crippen LogP contribution in [0.3, 0.4) is 0 Å². The van der Waals surface area contributed by atoms with Gasteiger partial charge in [0.15, 0.2) is 0 Å². The van der Waals surface area contributed by atoms with Crippen LogP contribution < -0.4 is 10.6 Å². The third-order valence-electron chi connectivity index (χ3n) is 3.27. The van der Waals surface area contributed by atoms with E-state index in [1.54, 1.807) is 37.1 Å². The highest BCUT2D eigenvalue weighted by Gasteiger charge is 2.21. The number of benzene rings is 1. The van der Waals surface area contributed by atoms with E-state index in [9.17, 15) is 4.79 Å². The Labute approximate surface area is 132 Å². The molecule has 0 radical (unpaired) electrons. The molecule has 1 aromatic carbocycles. The van der Waals surface area contributed by atoms with E-state index in [0.29, 0.717) is 23.4 Å². The smallest absolute Gasteiger partial charge is 0.356 e. The van der Waals surface area contributed by atoms with Gasteiger partial charge < -0.3 is 15.4 Å². The predicted octanol–water partition coefficient (Wildman–Crippen LogP) is 2.92. The number of hydrogen-bond acceptors (Lipinski definition) is 5. The predicted molar refractivity (Wildman–Crippen MR) is 86.9 cm³/mol. The topological polar surface area (TPSA) is 79.4 Å². The average molecular weight is 301 g/mol. The Bertz CT molecular complexity index is 588. The minimum Gasteiger partial charge on any atom is -0.461 e. The summed E-state index contributed by atoms with van der Waals surface area (Å²) >= 11 is 0. The molecule has 0 atom stereocenters. The minimum absolute atomic E-state index is 0.287. The van der Waals surface area contributed by atoms with Gasteiger partial charge in [0.1, 0.15) is 5.70 Å². The zero-order chi connectivity index (χ0) is 16.5. The molecule has 22 heavy (non-hydrogen) atoms. The molecular formula is C17H23N3O2. The van der Waals surface area contributed by atoms with Crippen molar-refractivity contribution in [2.24, 2.45) is 5.73 Å². The lowest BCUT2D eigenvalue weighted by atomic mass is 10.1. The number of carbonyl (C=O) groups excluding carboxylic acids is 1. The molecule has 5 heteroatoms. The second-order valence-electron chi connectivity index (χ2n) is 4.92. The first-order valence-electron chi connectivity index (χ1n) is 7.44. The van der Waals surface area contributed by atoms with Crippen LogP contribution >= 0.6 is 0 Å². The summed E-state index contributed by atoms with van der Waals surface area (Å²) in [7, 11) is 1.75. The Hall–Kier alpha value is -2.48. The molecule has 0 bridgehead atoms. The first-order valence-corrected chi connectivity index (χ1v) is 7.44. The molecule has 0 spiro atoms. The van der Waals surface area contributed by atoms with Gasteiger partial charge in [-0.25, -0.2) is 4.79 Å². The fourth-order valence-electron chi connectivity index (χ4n) is 2.08. The van der Waals surface area contributed by atoms with Gasteiger partial charge in [0.05, 0.1) is 18.2 Å². The third kappa shape index (κ3) is 4.52. The molecule has 5 nitrogen and oxygen atoms in total. The molecule has 1 rings (SSSR count). The lowest BCUT2D eigenvalue weighted by molar-refractivity contribution is -0.138. The second-order valence-corrected chi connectivity index (χ2v) is 4.92. The van der Waals surface area contributed by atoms with Crippen molar-refractivity contribution in [3.8, 4) is 6.07 Å². The van der Waals surface area contributed by atoms with Crippen molar-refractivity contribution in [1.29, 1.82) is 5.26 Å². The summed E-state index contributed by atoms with van der Waals surface area (Å²) in [4.78, 5) is 13.9. The van der Waals surface area contributed by atoms with Gasteiger partial charge in [-0.15, -0.1) is 0 Å². The van der Waals surface area contributed by atoms with Crippen LogP contribution in [0.1, 0.15) is 38.7 Å². The maximum atomic E-state index is 12.3. The lowest BCUT2D eigenvalue weighted by Crippen LogP contribution is -2.28. The number of ether oxygens (including phenoxy) is 1. The zero-order valence-electron chi connectivity index (χ0n) is 13.4. The molecule has 0 unspecified atom stereocenters. The van der Waals surface area contributed by atoms with E-state index in [1.165, 1.54) is 0 Å². The lowest BCUT2D eigenvalue weighted by Gasteiger charge is -2.23. The number of rotatable bonds is 7. The summed E-state index contributed by atoms with van der Waals surface area (Å²) in [6, 6.07) is 9.12. The number of nitrogens with zero attached hydrogens (tertiary/aromatic N) is 2. The van der Waals surface area contributed by atoms with Crippen LogP contribution in [-0.4, -0.2) is 19.6 Å². The van der Waals surface area contributed by atoms with Gasteiger partial charge in [0.25, 0.3) is 0 Å². The molecule has 0 amide bonds. The van der Waals surface area contributed by atoms with Gasteiger partial charge in [0, 0.05) is 18.4 Å². The number of carbonyl (C=O) groups is 1. The minimum atomic E-state index is -0.444. The van der Waals surface area contributed by atoms with Crippen LogP contribution in [0.15, 0.2) is 35.7 Å².